The van der Waals surface area contributed by atoms with Crippen LogP contribution in [-0.2, 0) is 0 Å². The van der Waals surface area contributed by atoms with E-state index in [1.165, 1.54) is 38.5 Å². The molecule has 2 rings (SSSR count). The van der Waals surface area contributed by atoms with Crippen molar-refractivity contribution in [3.63, 3.8) is 0 Å². The van der Waals surface area contributed by atoms with E-state index in [9.17, 15) is 0 Å². The van der Waals surface area contributed by atoms with Crippen LogP contribution in [-0.4, -0.2) is 36.6 Å². The molecule has 0 aromatic heterocycles. The van der Waals surface area contributed by atoms with Crippen LogP contribution in [0.15, 0.2) is 0 Å². The maximum atomic E-state index is 3.79. The zero-order valence-electron chi connectivity index (χ0n) is 13.7. The minimum Gasteiger partial charge on any atom is -0.314 e. The van der Waals surface area contributed by atoms with Gasteiger partial charge in [-0.15, -0.1) is 0 Å². The van der Waals surface area contributed by atoms with E-state index in [1.54, 1.807) is 0 Å². The Morgan fingerprint density at radius 3 is 2.21 bits per heavy atom. The predicted octanol–water partition coefficient (Wildman–Crippen LogP) is 3.66. The van der Waals surface area contributed by atoms with Gasteiger partial charge in [0, 0.05) is 18.1 Å². The second kappa shape index (κ2) is 6.13. The molecule has 3 unspecified atom stereocenters. The molecule has 0 radical (unpaired) electrons. The fourth-order valence-corrected chi connectivity index (χ4v) is 4.14. The Kier molecular flexibility index (Phi) is 4.94. The fourth-order valence-electron chi connectivity index (χ4n) is 4.14. The van der Waals surface area contributed by atoms with Crippen molar-refractivity contribution in [3.8, 4) is 0 Å². The van der Waals surface area contributed by atoms with Crippen LogP contribution in [0.4, 0.5) is 0 Å². The van der Waals surface area contributed by atoms with Gasteiger partial charge in [-0.05, 0) is 63.5 Å². The van der Waals surface area contributed by atoms with Crippen molar-refractivity contribution in [2.24, 2.45) is 11.3 Å². The number of hydrogen-bond donors (Lipinski definition) is 1. The molecule has 19 heavy (non-hydrogen) atoms. The molecular formula is C17H34N2. The summed E-state index contributed by atoms with van der Waals surface area (Å²) in [6, 6.07) is 2.50. The van der Waals surface area contributed by atoms with Crippen molar-refractivity contribution >= 4 is 0 Å². The van der Waals surface area contributed by atoms with Crippen molar-refractivity contribution in [2.75, 3.05) is 13.6 Å². The van der Waals surface area contributed by atoms with Crippen molar-refractivity contribution in [2.45, 2.75) is 84.3 Å². The van der Waals surface area contributed by atoms with Gasteiger partial charge in [-0.3, -0.25) is 0 Å². The lowest BCUT2D eigenvalue weighted by atomic mass is 9.80. The summed E-state index contributed by atoms with van der Waals surface area (Å²) in [6.45, 7) is 10.5. The lowest BCUT2D eigenvalue weighted by molar-refractivity contribution is 0.107. The zero-order valence-corrected chi connectivity index (χ0v) is 13.7. The summed E-state index contributed by atoms with van der Waals surface area (Å²) >= 11 is 0. The van der Waals surface area contributed by atoms with Crippen LogP contribution in [0.3, 0.4) is 0 Å². The Morgan fingerprint density at radius 2 is 1.74 bits per heavy atom. The maximum Gasteiger partial charge on any atom is 0.00989 e. The van der Waals surface area contributed by atoms with E-state index in [1.807, 2.05) is 0 Å². The Labute approximate surface area is 120 Å². The van der Waals surface area contributed by atoms with Crippen molar-refractivity contribution in [1.82, 2.24) is 10.2 Å². The normalized spacial score (nSPS) is 33.6. The molecule has 2 aliphatic heterocycles. The summed E-state index contributed by atoms with van der Waals surface area (Å²) in [4.78, 5) is 2.66. The highest BCUT2D eigenvalue weighted by Gasteiger charge is 2.40. The Morgan fingerprint density at radius 1 is 1.16 bits per heavy atom. The van der Waals surface area contributed by atoms with Crippen LogP contribution in [0.25, 0.3) is 0 Å². The summed E-state index contributed by atoms with van der Waals surface area (Å²) in [5.41, 5.74) is 0.470. The number of nitrogens with zero attached hydrogens (tertiary/aromatic N) is 1. The summed E-state index contributed by atoms with van der Waals surface area (Å²) < 4.78 is 0. The second-order valence-electron chi connectivity index (χ2n) is 8.05. The van der Waals surface area contributed by atoms with Crippen molar-refractivity contribution in [1.29, 1.82) is 0 Å². The first-order valence-corrected chi connectivity index (χ1v) is 8.36. The van der Waals surface area contributed by atoms with E-state index in [0.717, 1.165) is 30.6 Å². The van der Waals surface area contributed by atoms with E-state index >= 15 is 0 Å². The van der Waals surface area contributed by atoms with Crippen LogP contribution in [0, 0.1) is 11.3 Å². The maximum absolute atomic E-state index is 3.79. The topological polar surface area (TPSA) is 15.3 Å². The van der Waals surface area contributed by atoms with Crippen molar-refractivity contribution < 1.29 is 0 Å². The molecule has 0 aliphatic carbocycles. The first-order valence-electron chi connectivity index (χ1n) is 8.36. The third-order valence-corrected chi connectivity index (χ3v) is 5.38. The van der Waals surface area contributed by atoms with Crippen LogP contribution in [0.1, 0.15) is 66.2 Å². The van der Waals surface area contributed by atoms with E-state index in [2.05, 4.69) is 45.0 Å². The first-order chi connectivity index (χ1) is 8.90. The SMILES string of the molecule is CCNC(CCC(C)(C)C)C1CC2CCC(C1)N2C. The molecule has 2 saturated heterocycles. The summed E-state index contributed by atoms with van der Waals surface area (Å²) in [6.07, 6.45) is 8.42. The van der Waals surface area contributed by atoms with Gasteiger partial charge in [0.1, 0.15) is 0 Å². The standard InChI is InChI=1S/C17H34N2/c1-6-18-16(9-10-17(2,3)4)13-11-14-7-8-15(12-13)19(14)5/h13-16,18H,6-12H2,1-5H3. The van der Waals surface area contributed by atoms with Crippen LogP contribution >= 0.6 is 0 Å². The quantitative estimate of drug-likeness (QED) is 0.817. The van der Waals surface area contributed by atoms with Gasteiger partial charge in [-0.25, -0.2) is 0 Å². The molecule has 0 spiro atoms. The zero-order chi connectivity index (χ0) is 14.0. The van der Waals surface area contributed by atoms with Gasteiger partial charge in [0.2, 0.25) is 0 Å². The molecule has 1 N–H and O–H groups in total. The van der Waals surface area contributed by atoms with Crippen LogP contribution in [0.5, 0.6) is 0 Å². The van der Waals surface area contributed by atoms with Gasteiger partial charge in [-0.1, -0.05) is 27.7 Å². The highest BCUT2D eigenvalue weighted by atomic mass is 15.2. The molecule has 0 aromatic rings. The number of piperidine rings is 1. The van der Waals surface area contributed by atoms with Crippen molar-refractivity contribution in [3.05, 3.63) is 0 Å². The lowest BCUT2D eigenvalue weighted by Crippen LogP contribution is -2.47. The molecule has 2 nitrogen and oxygen atoms in total. The van der Waals surface area contributed by atoms with E-state index in [0.29, 0.717) is 5.41 Å². The molecule has 0 saturated carbocycles. The number of fused-ring (bicyclic) bond motifs is 2. The minimum atomic E-state index is 0.470. The molecule has 2 bridgehead atoms. The molecule has 2 heterocycles. The highest BCUT2D eigenvalue weighted by molar-refractivity contribution is 4.96. The first kappa shape index (κ1) is 15.3. The molecule has 2 aliphatic rings. The average Bonchev–Trinajstić information content (AvgIpc) is 2.56. The highest BCUT2D eigenvalue weighted by Crippen LogP contribution is 2.40. The minimum absolute atomic E-state index is 0.470. The summed E-state index contributed by atoms with van der Waals surface area (Å²) in [5, 5.41) is 3.79. The van der Waals surface area contributed by atoms with Crippen LogP contribution in [0.2, 0.25) is 0 Å². The molecule has 0 amide bonds. The molecule has 2 fully saturated rings. The molecular weight excluding hydrogens is 232 g/mol. The third-order valence-electron chi connectivity index (χ3n) is 5.38. The average molecular weight is 266 g/mol. The molecule has 0 aromatic carbocycles. The lowest BCUT2D eigenvalue weighted by Gasteiger charge is -2.40. The molecule has 3 atom stereocenters. The Balaban J connectivity index is 1.92. The van der Waals surface area contributed by atoms with Gasteiger partial charge in [0.25, 0.3) is 0 Å². The van der Waals surface area contributed by atoms with E-state index in [-0.39, 0.29) is 0 Å². The van der Waals surface area contributed by atoms with E-state index < -0.39 is 0 Å². The largest absolute Gasteiger partial charge is 0.314 e. The van der Waals surface area contributed by atoms with E-state index in [4.69, 9.17) is 0 Å². The summed E-state index contributed by atoms with van der Waals surface area (Å²) in [7, 11) is 2.34. The Hall–Kier alpha value is -0.0800. The second-order valence-corrected chi connectivity index (χ2v) is 8.05. The fraction of sp³-hybridized carbons (Fsp3) is 1.00. The predicted molar refractivity (Wildman–Crippen MR) is 83.5 cm³/mol. The van der Waals surface area contributed by atoms with Gasteiger partial charge in [-0.2, -0.15) is 0 Å². The Bertz CT molecular complexity index is 267. The molecule has 112 valence electrons. The molecule has 2 heteroatoms. The number of rotatable bonds is 5. The van der Waals surface area contributed by atoms with Gasteiger partial charge < -0.3 is 10.2 Å². The van der Waals surface area contributed by atoms with Gasteiger partial charge >= 0.3 is 0 Å². The smallest absolute Gasteiger partial charge is 0.00989 e. The summed E-state index contributed by atoms with van der Waals surface area (Å²) in [5.74, 6) is 0.913. The third kappa shape index (κ3) is 3.95. The monoisotopic (exact) mass is 266 g/mol. The number of nitrogens with one attached hydrogen (secondary N) is 1. The van der Waals surface area contributed by atoms with Crippen LogP contribution < -0.4 is 5.32 Å². The number of hydrogen-bond acceptors (Lipinski definition) is 2. The van der Waals surface area contributed by atoms with Gasteiger partial charge in [0.05, 0.1) is 0 Å². The van der Waals surface area contributed by atoms with Gasteiger partial charge in [0.15, 0.2) is 0 Å².